The Kier molecular flexibility index (Phi) is 12.1. The average Bonchev–Trinajstić information content (AvgIpc) is 2.68. The molecule has 1 rings (SSSR count). The number of esters is 1. The Labute approximate surface area is 168 Å². The fourth-order valence-corrected chi connectivity index (χ4v) is 2.65. The van der Waals surface area contributed by atoms with E-state index in [4.69, 9.17) is 4.74 Å². The predicted molar refractivity (Wildman–Crippen MR) is 112 cm³/mol. The fraction of sp³-hybridized carbons (Fsp3) is 0.522. The van der Waals surface area contributed by atoms with Gasteiger partial charge in [0.1, 0.15) is 12.2 Å². The van der Waals surface area contributed by atoms with Gasteiger partial charge < -0.3 is 20.1 Å². The molecule has 5 heteroatoms. The number of aliphatic hydroxyl groups excluding tert-OH is 3. The van der Waals surface area contributed by atoms with Crippen molar-refractivity contribution in [2.45, 2.75) is 70.4 Å². The van der Waals surface area contributed by atoms with Gasteiger partial charge in [-0.05, 0) is 31.4 Å². The molecular weight excluding hydrogens is 356 g/mol. The van der Waals surface area contributed by atoms with E-state index in [0.717, 1.165) is 6.42 Å². The molecule has 5 unspecified atom stereocenters. The van der Waals surface area contributed by atoms with Gasteiger partial charge in [-0.1, -0.05) is 69.2 Å². The largest absolute Gasteiger partial charge is 0.452 e. The zero-order chi connectivity index (χ0) is 20.8. The van der Waals surface area contributed by atoms with Crippen LogP contribution < -0.4 is 0 Å². The molecule has 1 heterocycles. The molecule has 1 aliphatic rings. The molecule has 156 valence electrons. The first-order valence-electron chi connectivity index (χ1n) is 10.0. The van der Waals surface area contributed by atoms with E-state index in [1.54, 1.807) is 31.2 Å². The normalized spacial score (nSPS) is 23.8. The van der Waals surface area contributed by atoms with E-state index in [2.05, 4.69) is 13.0 Å². The molecule has 0 fully saturated rings. The fourth-order valence-electron chi connectivity index (χ4n) is 2.65. The van der Waals surface area contributed by atoms with Gasteiger partial charge in [-0.15, -0.1) is 0 Å². The maximum Gasteiger partial charge on any atom is 0.331 e. The SMILES string of the molecule is CCCCC/C=C/C=C/C=C/C(O)C(C)C(O)C/C=C/C1OC(=O)C=CC1O. The van der Waals surface area contributed by atoms with Gasteiger partial charge in [0.2, 0.25) is 0 Å². The Hall–Kier alpha value is -1.95. The molecule has 0 radical (unpaired) electrons. The van der Waals surface area contributed by atoms with Crippen LogP contribution in [0.1, 0.15) is 46.0 Å². The second-order valence-corrected chi connectivity index (χ2v) is 7.03. The van der Waals surface area contributed by atoms with Crippen LogP contribution in [0, 0.1) is 5.92 Å². The first kappa shape index (κ1) is 24.1. The number of aliphatic hydroxyl groups is 3. The van der Waals surface area contributed by atoms with E-state index < -0.39 is 30.4 Å². The van der Waals surface area contributed by atoms with Gasteiger partial charge >= 0.3 is 5.97 Å². The van der Waals surface area contributed by atoms with Crippen LogP contribution in [-0.2, 0) is 9.53 Å². The zero-order valence-corrected chi connectivity index (χ0v) is 16.9. The summed E-state index contributed by atoms with van der Waals surface area (Å²) < 4.78 is 4.98. The standard InChI is InChI=1S/C23H34O5/c1-3-4-5-6-7-8-9-10-11-13-19(24)18(2)20(25)14-12-15-22-21(26)16-17-23(27)28-22/h7-13,15-22,24-26H,3-6,14H2,1-2H3/b8-7+,10-9+,13-11+,15-12+. The summed E-state index contributed by atoms with van der Waals surface area (Å²) in [7, 11) is 0. The first-order chi connectivity index (χ1) is 13.5. The molecule has 0 aliphatic carbocycles. The Morgan fingerprint density at radius 2 is 1.89 bits per heavy atom. The van der Waals surface area contributed by atoms with Crippen molar-refractivity contribution in [2.75, 3.05) is 0 Å². The quantitative estimate of drug-likeness (QED) is 0.206. The van der Waals surface area contributed by atoms with Crippen molar-refractivity contribution in [3.63, 3.8) is 0 Å². The Morgan fingerprint density at radius 3 is 2.64 bits per heavy atom. The molecule has 1 aliphatic heterocycles. The third kappa shape index (κ3) is 9.83. The molecule has 0 amide bonds. The third-order valence-corrected chi connectivity index (χ3v) is 4.62. The topological polar surface area (TPSA) is 87.0 Å². The smallest absolute Gasteiger partial charge is 0.331 e. The maximum atomic E-state index is 11.2. The van der Waals surface area contributed by atoms with E-state index in [1.165, 1.54) is 31.4 Å². The lowest BCUT2D eigenvalue weighted by molar-refractivity contribution is -0.146. The van der Waals surface area contributed by atoms with Crippen molar-refractivity contribution < 1.29 is 24.9 Å². The number of rotatable bonds is 12. The number of unbranched alkanes of at least 4 members (excludes halogenated alkanes) is 3. The summed E-state index contributed by atoms with van der Waals surface area (Å²) in [4.78, 5) is 11.2. The van der Waals surface area contributed by atoms with Crippen LogP contribution in [0.25, 0.3) is 0 Å². The van der Waals surface area contributed by atoms with Gasteiger partial charge in [-0.2, -0.15) is 0 Å². The van der Waals surface area contributed by atoms with Crippen LogP contribution in [0.15, 0.2) is 60.8 Å². The molecular formula is C23H34O5. The molecule has 0 aromatic rings. The van der Waals surface area contributed by atoms with Crippen molar-refractivity contribution in [2.24, 2.45) is 5.92 Å². The molecule has 0 saturated carbocycles. The summed E-state index contributed by atoms with van der Waals surface area (Å²) in [5.74, 6) is -0.865. The van der Waals surface area contributed by atoms with Gasteiger partial charge in [0.05, 0.1) is 12.2 Å². The highest BCUT2D eigenvalue weighted by atomic mass is 16.6. The van der Waals surface area contributed by atoms with Gasteiger partial charge in [0.25, 0.3) is 0 Å². The monoisotopic (exact) mass is 390 g/mol. The van der Waals surface area contributed by atoms with Crippen molar-refractivity contribution in [1.29, 1.82) is 0 Å². The van der Waals surface area contributed by atoms with Crippen LogP contribution in [-0.4, -0.2) is 45.7 Å². The molecule has 0 aromatic carbocycles. The van der Waals surface area contributed by atoms with Gasteiger partial charge in [-0.25, -0.2) is 4.79 Å². The maximum absolute atomic E-state index is 11.2. The molecule has 0 aromatic heterocycles. The lowest BCUT2D eigenvalue weighted by Gasteiger charge is -2.22. The van der Waals surface area contributed by atoms with Crippen molar-refractivity contribution >= 4 is 5.97 Å². The number of ether oxygens (including phenoxy) is 1. The van der Waals surface area contributed by atoms with Crippen molar-refractivity contribution in [3.8, 4) is 0 Å². The van der Waals surface area contributed by atoms with E-state index in [1.807, 2.05) is 18.2 Å². The summed E-state index contributed by atoms with van der Waals surface area (Å²) >= 11 is 0. The summed E-state index contributed by atoms with van der Waals surface area (Å²) in [5.41, 5.74) is 0. The second-order valence-electron chi connectivity index (χ2n) is 7.03. The molecule has 0 saturated heterocycles. The Bertz CT molecular complexity index is 588. The predicted octanol–water partition coefficient (Wildman–Crippen LogP) is 3.38. The van der Waals surface area contributed by atoms with E-state index in [-0.39, 0.29) is 12.3 Å². The third-order valence-electron chi connectivity index (χ3n) is 4.62. The van der Waals surface area contributed by atoms with Crippen LogP contribution in [0.4, 0.5) is 0 Å². The Balaban J connectivity index is 2.34. The summed E-state index contributed by atoms with van der Waals surface area (Å²) in [6, 6.07) is 0. The highest BCUT2D eigenvalue weighted by Gasteiger charge is 2.23. The van der Waals surface area contributed by atoms with Crippen molar-refractivity contribution in [1.82, 2.24) is 0 Å². The minimum absolute atomic E-state index is 0.285. The number of hydrogen-bond acceptors (Lipinski definition) is 5. The molecule has 0 bridgehead atoms. The summed E-state index contributed by atoms with van der Waals surface area (Å²) in [5, 5.41) is 30.1. The van der Waals surface area contributed by atoms with Crippen LogP contribution in [0.5, 0.6) is 0 Å². The van der Waals surface area contributed by atoms with Gasteiger partial charge in [-0.3, -0.25) is 0 Å². The van der Waals surface area contributed by atoms with Crippen LogP contribution in [0.2, 0.25) is 0 Å². The summed E-state index contributed by atoms with van der Waals surface area (Å²) in [6.07, 6.45) is 19.0. The van der Waals surface area contributed by atoms with Crippen molar-refractivity contribution in [3.05, 3.63) is 60.8 Å². The number of allylic oxidation sites excluding steroid dienone is 5. The zero-order valence-electron chi connectivity index (χ0n) is 16.9. The number of hydrogen-bond donors (Lipinski definition) is 3. The summed E-state index contributed by atoms with van der Waals surface area (Å²) in [6.45, 7) is 3.95. The highest BCUT2D eigenvalue weighted by molar-refractivity contribution is 5.83. The lowest BCUT2D eigenvalue weighted by Crippen LogP contribution is -2.31. The van der Waals surface area contributed by atoms with E-state index in [0.29, 0.717) is 0 Å². The van der Waals surface area contributed by atoms with E-state index in [9.17, 15) is 20.1 Å². The molecule has 5 atom stereocenters. The Morgan fingerprint density at radius 1 is 1.14 bits per heavy atom. The van der Waals surface area contributed by atoms with Gasteiger partial charge in [0.15, 0.2) is 0 Å². The van der Waals surface area contributed by atoms with E-state index >= 15 is 0 Å². The van der Waals surface area contributed by atoms with Crippen LogP contribution >= 0.6 is 0 Å². The lowest BCUT2D eigenvalue weighted by atomic mass is 9.95. The molecule has 0 spiro atoms. The average molecular weight is 391 g/mol. The minimum atomic E-state index is -0.885. The second kappa shape index (κ2) is 14.1. The minimum Gasteiger partial charge on any atom is -0.452 e. The number of carbonyl (C=O) groups is 1. The number of carbonyl (C=O) groups excluding carboxylic acids is 1. The van der Waals surface area contributed by atoms with Crippen LogP contribution in [0.3, 0.4) is 0 Å². The number of cyclic esters (lactones) is 1. The molecule has 3 N–H and O–H groups in total. The first-order valence-corrected chi connectivity index (χ1v) is 10.0. The van der Waals surface area contributed by atoms with Gasteiger partial charge in [0, 0.05) is 12.0 Å². The molecule has 28 heavy (non-hydrogen) atoms. The highest BCUT2D eigenvalue weighted by Crippen LogP contribution is 2.15. The molecule has 5 nitrogen and oxygen atoms in total.